The topological polar surface area (TPSA) is 3.24 Å². The van der Waals surface area contributed by atoms with Crippen molar-refractivity contribution in [2.45, 2.75) is 46.0 Å². The van der Waals surface area contributed by atoms with E-state index in [0.717, 1.165) is 32.4 Å². The monoisotopic (exact) mass is 285 g/mol. The summed E-state index contributed by atoms with van der Waals surface area (Å²) in [5.74, 6) is 0.578. The van der Waals surface area contributed by atoms with Crippen molar-refractivity contribution in [2.24, 2.45) is 0 Å². The standard InChI is InChI=1S/C20H31N/c1-6-17(2)12-13-18(3)14-15-21(5)16-19(4)20-10-8-7-9-11-20/h6-11,19H,3,12-16H2,1-2,4-5H3/b17-6+. The van der Waals surface area contributed by atoms with Crippen LogP contribution in [-0.2, 0) is 0 Å². The van der Waals surface area contributed by atoms with Gasteiger partial charge in [-0.3, -0.25) is 0 Å². The highest BCUT2D eigenvalue weighted by molar-refractivity contribution is 5.19. The summed E-state index contributed by atoms with van der Waals surface area (Å²) in [6, 6.07) is 10.8. The maximum Gasteiger partial charge on any atom is 0.00447 e. The van der Waals surface area contributed by atoms with Crippen molar-refractivity contribution in [3.63, 3.8) is 0 Å². The van der Waals surface area contributed by atoms with Gasteiger partial charge in [-0.2, -0.15) is 0 Å². The lowest BCUT2D eigenvalue weighted by Gasteiger charge is -2.22. The summed E-state index contributed by atoms with van der Waals surface area (Å²) in [4.78, 5) is 2.42. The van der Waals surface area contributed by atoms with Crippen molar-refractivity contribution in [1.29, 1.82) is 0 Å². The average Bonchev–Trinajstić information content (AvgIpc) is 2.51. The Hall–Kier alpha value is -1.34. The molecule has 0 aliphatic carbocycles. The second-order valence-electron chi connectivity index (χ2n) is 6.21. The van der Waals surface area contributed by atoms with Gasteiger partial charge < -0.3 is 4.90 Å². The Kier molecular flexibility index (Phi) is 8.07. The molecule has 0 aromatic heterocycles. The Morgan fingerprint density at radius 3 is 2.48 bits per heavy atom. The van der Waals surface area contributed by atoms with Gasteiger partial charge in [0.15, 0.2) is 0 Å². The van der Waals surface area contributed by atoms with Crippen LogP contribution in [0.5, 0.6) is 0 Å². The first-order valence-electron chi connectivity index (χ1n) is 8.04. The molecule has 0 N–H and O–H groups in total. The van der Waals surface area contributed by atoms with Crippen molar-refractivity contribution in [2.75, 3.05) is 20.1 Å². The molecule has 1 heteroatoms. The van der Waals surface area contributed by atoms with E-state index < -0.39 is 0 Å². The third-order valence-corrected chi connectivity index (χ3v) is 4.17. The third kappa shape index (κ3) is 7.29. The van der Waals surface area contributed by atoms with Gasteiger partial charge in [0, 0.05) is 13.1 Å². The number of nitrogens with zero attached hydrogens (tertiary/aromatic N) is 1. The van der Waals surface area contributed by atoms with E-state index in [1.165, 1.54) is 16.7 Å². The first kappa shape index (κ1) is 17.7. The Balaban J connectivity index is 2.27. The first-order valence-corrected chi connectivity index (χ1v) is 8.04. The minimum absolute atomic E-state index is 0.578. The van der Waals surface area contributed by atoms with E-state index in [1.54, 1.807) is 0 Å². The third-order valence-electron chi connectivity index (χ3n) is 4.17. The SMILES string of the molecule is C=C(CC/C(C)=C/C)CCN(C)CC(C)c1ccccc1. The normalized spacial score (nSPS) is 13.5. The molecule has 0 bridgehead atoms. The minimum Gasteiger partial charge on any atom is -0.305 e. The zero-order valence-corrected chi connectivity index (χ0v) is 14.2. The summed E-state index contributed by atoms with van der Waals surface area (Å²) in [6.45, 7) is 13.0. The van der Waals surface area contributed by atoms with Gasteiger partial charge in [0.25, 0.3) is 0 Å². The van der Waals surface area contributed by atoms with Crippen molar-refractivity contribution < 1.29 is 0 Å². The Labute approximate surface area is 131 Å². The fourth-order valence-corrected chi connectivity index (χ4v) is 2.44. The molecule has 1 rings (SSSR count). The first-order chi connectivity index (χ1) is 10.0. The molecule has 21 heavy (non-hydrogen) atoms. The van der Waals surface area contributed by atoms with Crippen LogP contribution in [0.25, 0.3) is 0 Å². The van der Waals surface area contributed by atoms with E-state index in [2.05, 4.69) is 75.7 Å². The van der Waals surface area contributed by atoms with Crippen LogP contribution in [0.2, 0.25) is 0 Å². The lowest BCUT2D eigenvalue weighted by molar-refractivity contribution is 0.319. The van der Waals surface area contributed by atoms with Crippen LogP contribution in [0.4, 0.5) is 0 Å². The Morgan fingerprint density at radius 2 is 1.86 bits per heavy atom. The summed E-state index contributed by atoms with van der Waals surface area (Å²) in [5, 5.41) is 0. The number of benzene rings is 1. The largest absolute Gasteiger partial charge is 0.305 e. The predicted molar refractivity (Wildman–Crippen MR) is 94.8 cm³/mol. The van der Waals surface area contributed by atoms with Crippen LogP contribution in [0.1, 0.15) is 51.5 Å². The summed E-state index contributed by atoms with van der Waals surface area (Å²) in [5.41, 5.74) is 4.25. The highest BCUT2D eigenvalue weighted by Crippen LogP contribution is 2.17. The summed E-state index contributed by atoms with van der Waals surface area (Å²) in [7, 11) is 2.21. The quantitative estimate of drug-likeness (QED) is 0.548. The highest BCUT2D eigenvalue weighted by atomic mass is 15.1. The molecule has 0 fully saturated rings. The van der Waals surface area contributed by atoms with E-state index in [-0.39, 0.29) is 0 Å². The molecule has 116 valence electrons. The van der Waals surface area contributed by atoms with Crippen LogP contribution >= 0.6 is 0 Å². The van der Waals surface area contributed by atoms with Crippen molar-refractivity contribution in [3.8, 4) is 0 Å². The minimum atomic E-state index is 0.578. The van der Waals surface area contributed by atoms with Gasteiger partial charge in [-0.05, 0) is 51.6 Å². The van der Waals surface area contributed by atoms with Crippen molar-refractivity contribution in [3.05, 3.63) is 59.7 Å². The lowest BCUT2D eigenvalue weighted by atomic mass is 10.0. The van der Waals surface area contributed by atoms with Crippen LogP contribution in [-0.4, -0.2) is 25.0 Å². The van der Waals surface area contributed by atoms with Crippen LogP contribution in [0.3, 0.4) is 0 Å². The number of rotatable bonds is 9. The maximum atomic E-state index is 4.22. The number of hydrogen-bond donors (Lipinski definition) is 0. The molecule has 0 spiro atoms. The average molecular weight is 285 g/mol. The van der Waals surface area contributed by atoms with E-state index in [9.17, 15) is 0 Å². The zero-order chi connectivity index (χ0) is 15.7. The molecule has 1 aromatic carbocycles. The number of hydrogen-bond acceptors (Lipinski definition) is 1. The molecule has 0 saturated heterocycles. The summed E-state index contributed by atoms with van der Waals surface area (Å²) >= 11 is 0. The zero-order valence-electron chi connectivity index (χ0n) is 14.2. The van der Waals surface area contributed by atoms with Gasteiger partial charge >= 0.3 is 0 Å². The van der Waals surface area contributed by atoms with Gasteiger partial charge in [-0.15, -0.1) is 0 Å². The molecule has 0 aliphatic heterocycles. The van der Waals surface area contributed by atoms with E-state index in [1.807, 2.05) is 0 Å². The van der Waals surface area contributed by atoms with Crippen molar-refractivity contribution >= 4 is 0 Å². The molecule has 1 atom stereocenters. The Bertz CT molecular complexity index is 444. The highest BCUT2D eigenvalue weighted by Gasteiger charge is 2.08. The van der Waals surface area contributed by atoms with E-state index in [4.69, 9.17) is 0 Å². The molecule has 0 heterocycles. The van der Waals surface area contributed by atoms with Crippen molar-refractivity contribution in [1.82, 2.24) is 4.90 Å². The predicted octanol–water partition coefficient (Wildman–Crippen LogP) is 5.41. The second-order valence-corrected chi connectivity index (χ2v) is 6.21. The van der Waals surface area contributed by atoms with Gasteiger partial charge in [0.2, 0.25) is 0 Å². The van der Waals surface area contributed by atoms with Gasteiger partial charge in [0.1, 0.15) is 0 Å². The number of likely N-dealkylation sites (N-methyl/N-ethyl adjacent to an activating group) is 1. The molecule has 1 nitrogen and oxygen atoms in total. The van der Waals surface area contributed by atoms with E-state index >= 15 is 0 Å². The molecule has 1 unspecified atom stereocenters. The van der Waals surface area contributed by atoms with E-state index in [0.29, 0.717) is 5.92 Å². The molecule has 0 amide bonds. The lowest BCUT2D eigenvalue weighted by Crippen LogP contribution is -2.24. The van der Waals surface area contributed by atoms with Gasteiger partial charge in [-0.1, -0.05) is 61.1 Å². The second kappa shape index (κ2) is 9.57. The molecule has 0 radical (unpaired) electrons. The van der Waals surface area contributed by atoms with Crippen LogP contribution in [0.15, 0.2) is 54.1 Å². The summed E-state index contributed by atoms with van der Waals surface area (Å²) in [6.07, 6.45) is 5.58. The van der Waals surface area contributed by atoms with Crippen LogP contribution < -0.4 is 0 Å². The summed E-state index contributed by atoms with van der Waals surface area (Å²) < 4.78 is 0. The molecular formula is C20H31N. The Morgan fingerprint density at radius 1 is 1.19 bits per heavy atom. The smallest absolute Gasteiger partial charge is 0.00447 e. The van der Waals surface area contributed by atoms with Gasteiger partial charge in [-0.25, -0.2) is 0 Å². The number of allylic oxidation sites excluding steroid dienone is 2. The molecular weight excluding hydrogens is 254 g/mol. The molecule has 0 aliphatic rings. The van der Waals surface area contributed by atoms with Gasteiger partial charge in [0.05, 0.1) is 0 Å². The fraction of sp³-hybridized carbons (Fsp3) is 0.500. The molecule has 0 saturated carbocycles. The molecule has 1 aromatic rings. The fourth-order valence-electron chi connectivity index (χ4n) is 2.44. The van der Waals surface area contributed by atoms with Crippen LogP contribution in [0, 0.1) is 0 Å². The maximum absolute atomic E-state index is 4.22.